The molecule has 12 nitrogen and oxygen atoms in total. The topological polar surface area (TPSA) is 170 Å². The van der Waals surface area contributed by atoms with Crippen molar-refractivity contribution >= 4 is 146 Å². The first-order valence-corrected chi connectivity index (χ1v) is 40.0. The molecule has 0 fully saturated rings. The maximum atomic E-state index is 10.7. The van der Waals surface area contributed by atoms with E-state index in [1.54, 1.807) is 0 Å². The van der Waals surface area contributed by atoms with Crippen LogP contribution in [0.2, 0.25) is 0 Å². The van der Waals surface area contributed by atoms with Gasteiger partial charge in [0.2, 0.25) is 5.72 Å². The molecule has 0 spiro atoms. The van der Waals surface area contributed by atoms with Gasteiger partial charge in [-0.05, 0) is 130 Å². The van der Waals surface area contributed by atoms with Gasteiger partial charge in [-0.1, -0.05) is 146 Å². The Hall–Kier alpha value is -3.18. The van der Waals surface area contributed by atoms with Gasteiger partial charge in [0, 0.05) is 22.3 Å². The number of fused-ring (bicyclic) bond motifs is 12. The Kier molecular flexibility index (Phi) is 15.9. The second kappa shape index (κ2) is 23.4. The van der Waals surface area contributed by atoms with E-state index in [1.807, 2.05) is 152 Å². The second-order valence-corrected chi connectivity index (χ2v) is 39.0. The van der Waals surface area contributed by atoms with Gasteiger partial charge in [-0.3, -0.25) is 4.31 Å². The van der Waals surface area contributed by atoms with Gasteiger partial charge < -0.3 is 37.3 Å². The van der Waals surface area contributed by atoms with Crippen LogP contribution < -0.4 is 39.3 Å². The highest BCUT2D eigenvalue weighted by Crippen LogP contribution is 2.69. The number of benzene rings is 8. The van der Waals surface area contributed by atoms with Crippen molar-refractivity contribution in [3.8, 4) is 67.5 Å². The van der Waals surface area contributed by atoms with Crippen LogP contribution >= 0.6 is 56.3 Å². The Morgan fingerprint density at radius 2 is 0.878 bits per heavy atom. The van der Waals surface area contributed by atoms with Gasteiger partial charge in [0.15, 0.2) is 16.6 Å². The molecule has 8 aromatic carbocycles. The summed E-state index contributed by atoms with van der Waals surface area (Å²) in [6.45, 7) is -8.80. The molecule has 5 unspecified atom stereocenters. The van der Waals surface area contributed by atoms with E-state index in [2.05, 4.69) is 85.3 Å². The van der Waals surface area contributed by atoms with Gasteiger partial charge >= 0.3 is 7.28 Å². The first-order chi connectivity index (χ1) is 37.7. The number of hydrogen-bond donors (Lipinski definition) is 4. The molecule has 0 saturated heterocycles. The largest absolute Gasteiger partial charge is 0.443 e. The molecule has 0 aromatic heterocycles. The van der Waals surface area contributed by atoms with Gasteiger partial charge in [-0.15, -0.1) is 0 Å². The highest BCUT2D eigenvalue weighted by Gasteiger charge is 2.43. The minimum atomic E-state index is -3.54. The standard InChI is InChI=1S/C24H16O3P2S2.C24H16O3P2S.H2O3P2S2.H2O3P2S/c30-28(23-15-7-3-11-19(23)17-9-1-5-13-21(17)25-28)27-29(31)24-16-8-4-12-20(24)18-10-2-6-14-22(18)26-29;30-29(24-16-8-4-12-20(24)18-10-2-6-14-22(18)26-29)27-28-23-15-7-3-11-19(23)17-9-1-5-13-21(17)25-28;1-4-7(2,3)5-6;1-5(2,3)4-6/h1-16H;1-16H;1H,(H,2,3);(H2,1,2,3)/i/hD4. The lowest BCUT2D eigenvalue weighted by atomic mass is 10.0. The molecular formula is C48H36O12P8S6. The molecule has 0 saturated carbocycles. The van der Waals surface area contributed by atoms with E-state index in [4.69, 9.17) is 67.9 Å². The summed E-state index contributed by atoms with van der Waals surface area (Å²) < 4.78 is 88.3. The van der Waals surface area contributed by atoms with Gasteiger partial charge in [0.1, 0.15) is 36.6 Å². The smallest absolute Gasteiger partial charge is 0.384 e. The molecule has 4 aliphatic heterocycles. The summed E-state index contributed by atoms with van der Waals surface area (Å²) in [4.78, 5) is 10.7. The summed E-state index contributed by atoms with van der Waals surface area (Å²) in [7, 11) is -8.24. The van der Waals surface area contributed by atoms with Gasteiger partial charge in [-0.2, -0.15) is 0 Å². The highest BCUT2D eigenvalue weighted by atomic mass is 33.0. The number of para-hydroxylation sites is 4. The zero-order chi connectivity index (χ0) is 55.1. The van der Waals surface area contributed by atoms with E-state index < -0.39 is 44.1 Å². The summed E-state index contributed by atoms with van der Waals surface area (Å²) in [5, 5.41) is 3.69. The van der Waals surface area contributed by atoms with Crippen molar-refractivity contribution in [3.63, 3.8) is 0 Å². The van der Waals surface area contributed by atoms with Crippen molar-refractivity contribution in [1.29, 1.82) is 5.72 Å². The fourth-order valence-corrected chi connectivity index (χ4v) is 22.5. The van der Waals surface area contributed by atoms with Gasteiger partial charge in [0.25, 0.3) is 27.9 Å². The van der Waals surface area contributed by atoms with Crippen LogP contribution in [-0.4, -0.2) is 27.7 Å². The molecule has 0 amide bonds. The third kappa shape index (κ3) is 12.1. The molecule has 8 aromatic rings. The zero-order valence-electron chi connectivity index (χ0n) is 41.4. The monoisotopic (exact) mass is 1250 g/mol. The Balaban J connectivity index is 0.000000147. The first-order valence-electron chi connectivity index (χ1n) is 23.0. The predicted octanol–water partition coefficient (Wildman–Crippen LogP) is 14.1. The fraction of sp³-hybridized carbons (Fsp3) is 0. The molecule has 0 radical (unpaired) electrons. The lowest BCUT2D eigenvalue weighted by molar-refractivity contribution is 0.396. The van der Waals surface area contributed by atoms with Gasteiger partial charge in [0.05, 0.1) is 21.2 Å². The first kappa shape index (κ1) is 50.3. The van der Waals surface area contributed by atoms with Crippen LogP contribution in [0.3, 0.4) is 0 Å². The molecule has 74 heavy (non-hydrogen) atoms. The molecule has 12 rings (SSSR count). The Labute approximate surface area is 464 Å². The van der Waals surface area contributed by atoms with Crippen molar-refractivity contribution in [2.24, 2.45) is 0 Å². The minimum Gasteiger partial charge on any atom is -0.443 e. The van der Waals surface area contributed by atoms with E-state index in [9.17, 15) is 8.77 Å². The summed E-state index contributed by atoms with van der Waals surface area (Å²) in [5.41, 5.74) is 8.38. The van der Waals surface area contributed by atoms with Crippen LogP contribution in [0.25, 0.3) is 45.9 Å². The SMILES string of the molecule is S=P1(OP2(=S)Oc3ccccc3-c3ccccc32)Oc2ccccc2-c2ccccc21.S=P1(OP2Oc3ccccc3-c3ccccc32)Oc2ccccc2-c2ccccc21.[2H]OP(=O)(O[2H])P=S.[2H]OP=S(=O)(O[2H])P=S. The van der Waals surface area contributed by atoms with E-state index in [1.165, 1.54) is 0 Å². The molecule has 26 heteroatoms. The summed E-state index contributed by atoms with van der Waals surface area (Å²) in [5.74, 6) is 3.02. The van der Waals surface area contributed by atoms with E-state index in [-0.39, 0.29) is 21.2 Å². The van der Waals surface area contributed by atoms with Crippen LogP contribution in [0, 0.1) is 0 Å². The fourth-order valence-electron chi connectivity index (χ4n) is 7.93. The second-order valence-electron chi connectivity index (χ2n) is 15.5. The Morgan fingerprint density at radius 1 is 0.514 bits per heavy atom. The summed E-state index contributed by atoms with van der Waals surface area (Å²) in [6, 6.07) is 64.1. The number of rotatable bonds is 10. The van der Waals surface area contributed by atoms with Crippen molar-refractivity contribution in [3.05, 3.63) is 194 Å². The van der Waals surface area contributed by atoms with Crippen molar-refractivity contribution in [2.45, 2.75) is 0 Å². The van der Waals surface area contributed by atoms with E-state index in [0.717, 1.165) is 88.7 Å². The van der Waals surface area contributed by atoms with E-state index >= 15 is 0 Å². The minimum absolute atomic E-state index is 0.00323. The normalized spacial score (nSPS) is 21.4. The van der Waals surface area contributed by atoms with Crippen LogP contribution in [-0.2, 0) is 81.2 Å². The van der Waals surface area contributed by atoms with Crippen LogP contribution in [0.15, 0.2) is 194 Å². The Bertz CT molecular complexity index is 3820. The quantitative estimate of drug-likeness (QED) is 0.0953. The average Bonchev–Trinajstić information content (AvgIpc) is 3.57. The van der Waals surface area contributed by atoms with E-state index in [0.29, 0.717) is 0 Å². The van der Waals surface area contributed by atoms with Gasteiger partial charge in [-0.25, -0.2) is 13.1 Å². The average molecular weight is 1250 g/mol. The summed E-state index contributed by atoms with van der Waals surface area (Å²) >= 11 is 26.9. The molecule has 5 atom stereocenters. The van der Waals surface area contributed by atoms with Crippen LogP contribution in [0.5, 0.6) is 23.0 Å². The maximum Gasteiger partial charge on any atom is 0.384 e. The zero-order valence-corrected chi connectivity index (χ0v) is 49.5. The molecule has 4 aliphatic rings. The molecule has 376 valence electrons. The van der Waals surface area contributed by atoms with Crippen molar-refractivity contribution in [1.82, 2.24) is 0 Å². The van der Waals surface area contributed by atoms with Crippen molar-refractivity contribution < 1.29 is 54.7 Å². The Morgan fingerprint density at radius 3 is 1.27 bits per heavy atom. The predicted molar refractivity (Wildman–Crippen MR) is 321 cm³/mol. The molecule has 4 N–H and O–H groups in total. The third-order valence-electron chi connectivity index (χ3n) is 10.9. The highest BCUT2D eigenvalue weighted by molar-refractivity contribution is 8.63. The van der Waals surface area contributed by atoms with Crippen LogP contribution in [0.4, 0.5) is 0 Å². The lowest BCUT2D eigenvalue weighted by Gasteiger charge is -2.37. The molecular weight excluding hydrogens is 1210 g/mol. The third-order valence-corrected chi connectivity index (χ3v) is 31.9. The molecule has 0 bridgehead atoms. The number of hydrogen-bond acceptors (Lipinski definition) is 17. The van der Waals surface area contributed by atoms with Crippen LogP contribution in [0.1, 0.15) is 0 Å². The lowest BCUT2D eigenvalue weighted by Crippen LogP contribution is -2.24. The van der Waals surface area contributed by atoms with Crippen molar-refractivity contribution in [2.75, 3.05) is 0 Å². The maximum absolute atomic E-state index is 10.7. The molecule has 4 heterocycles. The summed E-state index contributed by atoms with van der Waals surface area (Å²) in [6.07, 6.45) is 0. The molecule has 0 aliphatic carbocycles.